The number of amides is 1. The van der Waals surface area contributed by atoms with Crippen molar-refractivity contribution in [1.82, 2.24) is 14.6 Å². The third-order valence-corrected chi connectivity index (χ3v) is 6.41. The summed E-state index contributed by atoms with van der Waals surface area (Å²) in [5.41, 5.74) is 1.01. The van der Waals surface area contributed by atoms with Gasteiger partial charge in [0.05, 0.1) is 41.4 Å². The Hall–Kier alpha value is -2.76. The number of aryl methyl sites for hydroxylation is 1. The van der Waals surface area contributed by atoms with Gasteiger partial charge >= 0.3 is 0 Å². The summed E-state index contributed by atoms with van der Waals surface area (Å²) in [4.78, 5) is 31.7. The molecule has 2 heterocycles. The Bertz CT molecular complexity index is 1340. The molecule has 1 aromatic heterocycles. The van der Waals surface area contributed by atoms with Gasteiger partial charge in [-0.1, -0.05) is 15.9 Å². The van der Waals surface area contributed by atoms with E-state index in [9.17, 15) is 9.59 Å². The van der Waals surface area contributed by atoms with Gasteiger partial charge in [-0.3, -0.25) is 9.59 Å². The average molecular weight is 608 g/mol. The molecule has 0 bridgehead atoms. The fourth-order valence-electron chi connectivity index (χ4n) is 3.62. The molecule has 0 saturated carbocycles. The van der Waals surface area contributed by atoms with Crippen LogP contribution in [-0.2, 0) is 9.53 Å². The maximum atomic E-state index is 13.0. The first-order chi connectivity index (χ1) is 16.9. The van der Waals surface area contributed by atoms with Crippen molar-refractivity contribution in [3.8, 4) is 11.5 Å². The van der Waals surface area contributed by atoms with Crippen LogP contribution in [0, 0.1) is 6.92 Å². The molecule has 0 atom stereocenters. The summed E-state index contributed by atoms with van der Waals surface area (Å²) in [6, 6.07) is 8.89. The van der Waals surface area contributed by atoms with Crippen LogP contribution in [0.3, 0.4) is 0 Å². The lowest BCUT2D eigenvalue weighted by Gasteiger charge is -2.27. The monoisotopic (exact) mass is 606 g/mol. The number of aromatic nitrogens is 2. The van der Waals surface area contributed by atoms with E-state index < -0.39 is 0 Å². The molecule has 1 amide bonds. The standard InChI is InChI=1S/C24H24Br2N4O5/c1-3-34-21-11-16(10-19(26)23(21)35-14-22(31)29-6-8-33-9-7-29)13-27-30-15(2)28-20-5-4-17(25)12-18(20)24(30)32/h4-5,10-13H,3,6-9,14H2,1-2H3. The molecule has 35 heavy (non-hydrogen) atoms. The van der Waals surface area contributed by atoms with Gasteiger partial charge in [-0.25, -0.2) is 4.98 Å². The van der Waals surface area contributed by atoms with Crippen molar-refractivity contribution in [2.45, 2.75) is 13.8 Å². The van der Waals surface area contributed by atoms with Crippen LogP contribution in [0.5, 0.6) is 11.5 Å². The lowest BCUT2D eigenvalue weighted by atomic mass is 10.2. The minimum atomic E-state index is -0.268. The van der Waals surface area contributed by atoms with Crippen molar-refractivity contribution in [3.63, 3.8) is 0 Å². The van der Waals surface area contributed by atoms with Crippen molar-refractivity contribution >= 4 is 54.9 Å². The molecular weight excluding hydrogens is 584 g/mol. The quantitative estimate of drug-likeness (QED) is 0.380. The van der Waals surface area contributed by atoms with Gasteiger partial charge in [-0.2, -0.15) is 9.78 Å². The third-order valence-electron chi connectivity index (χ3n) is 5.33. The Morgan fingerprint density at radius 2 is 1.97 bits per heavy atom. The number of benzene rings is 2. The summed E-state index contributed by atoms with van der Waals surface area (Å²) in [5.74, 6) is 1.24. The number of carbonyl (C=O) groups is 1. The van der Waals surface area contributed by atoms with Crippen molar-refractivity contribution in [2.24, 2.45) is 5.10 Å². The molecule has 0 N–H and O–H groups in total. The van der Waals surface area contributed by atoms with Crippen molar-refractivity contribution in [3.05, 3.63) is 61.0 Å². The van der Waals surface area contributed by atoms with Crippen LogP contribution in [0.25, 0.3) is 10.9 Å². The zero-order valence-electron chi connectivity index (χ0n) is 19.3. The van der Waals surface area contributed by atoms with Crippen molar-refractivity contribution < 1.29 is 19.0 Å². The second kappa shape index (κ2) is 11.3. The number of fused-ring (bicyclic) bond motifs is 1. The van der Waals surface area contributed by atoms with E-state index >= 15 is 0 Å². The van der Waals surface area contributed by atoms with Gasteiger partial charge in [0.25, 0.3) is 11.5 Å². The molecule has 4 rings (SSSR count). The third kappa shape index (κ3) is 5.91. The van der Waals surface area contributed by atoms with Gasteiger partial charge in [0.1, 0.15) is 5.82 Å². The molecule has 0 radical (unpaired) electrons. The van der Waals surface area contributed by atoms with Crippen LogP contribution in [0.15, 0.2) is 49.2 Å². The highest BCUT2D eigenvalue weighted by Crippen LogP contribution is 2.36. The Morgan fingerprint density at radius 3 is 2.71 bits per heavy atom. The maximum Gasteiger partial charge on any atom is 0.282 e. The van der Waals surface area contributed by atoms with Crippen molar-refractivity contribution in [1.29, 1.82) is 0 Å². The van der Waals surface area contributed by atoms with E-state index in [1.165, 1.54) is 4.68 Å². The van der Waals surface area contributed by atoms with E-state index in [1.807, 2.05) is 13.0 Å². The second-order valence-corrected chi connectivity index (χ2v) is 9.50. The lowest BCUT2D eigenvalue weighted by molar-refractivity contribution is -0.137. The van der Waals surface area contributed by atoms with Crippen LogP contribution in [0.4, 0.5) is 0 Å². The highest BCUT2D eigenvalue weighted by molar-refractivity contribution is 9.10. The minimum Gasteiger partial charge on any atom is -0.490 e. The molecule has 0 unspecified atom stereocenters. The van der Waals surface area contributed by atoms with Gasteiger partial charge in [0, 0.05) is 17.6 Å². The number of hydrogen-bond donors (Lipinski definition) is 0. The van der Waals surface area contributed by atoms with E-state index in [0.717, 1.165) is 4.47 Å². The van der Waals surface area contributed by atoms with Gasteiger partial charge in [0.2, 0.25) is 0 Å². The summed E-state index contributed by atoms with van der Waals surface area (Å²) in [7, 11) is 0. The first-order valence-electron chi connectivity index (χ1n) is 11.0. The first kappa shape index (κ1) is 25.3. The lowest BCUT2D eigenvalue weighted by Crippen LogP contribution is -2.43. The molecule has 184 valence electrons. The second-order valence-electron chi connectivity index (χ2n) is 7.73. The number of nitrogens with zero attached hydrogens (tertiary/aromatic N) is 4. The summed E-state index contributed by atoms with van der Waals surface area (Å²) in [5, 5.41) is 4.84. The number of morpholine rings is 1. The Kier molecular flexibility index (Phi) is 8.19. The number of rotatable bonds is 7. The Balaban J connectivity index is 1.59. The zero-order valence-corrected chi connectivity index (χ0v) is 22.5. The van der Waals surface area contributed by atoms with E-state index in [-0.39, 0.29) is 18.1 Å². The van der Waals surface area contributed by atoms with E-state index in [4.69, 9.17) is 14.2 Å². The SMILES string of the molecule is CCOc1cc(C=Nn2c(C)nc3ccc(Br)cc3c2=O)cc(Br)c1OCC(=O)N1CCOCC1. The number of halogens is 2. The molecule has 3 aromatic rings. The Morgan fingerprint density at radius 1 is 1.20 bits per heavy atom. The number of carbonyl (C=O) groups excluding carboxylic acids is 1. The topological polar surface area (TPSA) is 95.2 Å². The molecule has 0 aliphatic carbocycles. The van der Waals surface area contributed by atoms with Gasteiger partial charge < -0.3 is 19.1 Å². The fourth-order valence-corrected chi connectivity index (χ4v) is 4.56. The van der Waals surface area contributed by atoms with Crippen LogP contribution in [0.2, 0.25) is 0 Å². The Labute approximate surface area is 218 Å². The first-order valence-corrected chi connectivity index (χ1v) is 12.6. The number of ether oxygens (including phenoxy) is 3. The zero-order chi connectivity index (χ0) is 24.9. The summed E-state index contributed by atoms with van der Waals surface area (Å²) in [6.07, 6.45) is 1.55. The van der Waals surface area contributed by atoms with E-state index in [1.54, 1.807) is 42.3 Å². The predicted octanol–water partition coefficient (Wildman–Crippen LogP) is 3.75. The highest BCUT2D eigenvalue weighted by atomic mass is 79.9. The average Bonchev–Trinajstić information content (AvgIpc) is 2.84. The van der Waals surface area contributed by atoms with Gasteiger partial charge in [-0.05, 0) is 65.7 Å². The van der Waals surface area contributed by atoms with E-state index in [2.05, 4.69) is 41.9 Å². The molecule has 9 nitrogen and oxygen atoms in total. The molecule has 1 aliphatic rings. The minimum absolute atomic E-state index is 0.112. The summed E-state index contributed by atoms with van der Waals surface area (Å²) < 4.78 is 19.5. The normalized spacial score (nSPS) is 14.0. The molecule has 1 saturated heterocycles. The van der Waals surface area contributed by atoms with Crippen LogP contribution < -0.4 is 15.0 Å². The van der Waals surface area contributed by atoms with E-state index in [0.29, 0.717) is 71.2 Å². The molecule has 0 spiro atoms. The van der Waals surface area contributed by atoms with Crippen molar-refractivity contribution in [2.75, 3.05) is 39.5 Å². The summed E-state index contributed by atoms with van der Waals surface area (Å²) in [6.45, 7) is 6.04. The van der Waals surface area contributed by atoms with Gasteiger partial charge in [0.15, 0.2) is 18.1 Å². The molecule has 11 heteroatoms. The predicted molar refractivity (Wildman–Crippen MR) is 140 cm³/mol. The largest absolute Gasteiger partial charge is 0.490 e. The summed E-state index contributed by atoms with van der Waals surface area (Å²) >= 11 is 6.90. The number of hydrogen-bond acceptors (Lipinski definition) is 7. The molecular formula is C24H24Br2N4O5. The molecule has 1 fully saturated rings. The highest BCUT2D eigenvalue weighted by Gasteiger charge is 2.19. The molecule has 2 aromatic carbocycles. The van der Waals surface area contributed by atoms with Gasteiger partial charge in [-0.15, -0.1) is 0 Å². The van der Waals surface area contributed by atoms with Crippen LogP contribution in [0.1, 0.15) is 18.3 Å². The maximum absolute atomic E-state index is 13.0. The van der Waals surface area contributed by atoms with Crippen LogP contribution >= 0.6 is 31.9 Å². The molecule has 1 aliphatic heterocycles. The fraction of sp³-hybridized carbons (Fsp3) is 0.333. The van der Waals surface area contributed by atoms with Crippen LogP contribution in [-0.4, -0.2) is 66.2 Å². The smallest absolute Gasteiger partial charge is 0.282 e.